The van der Waals surface area contributed by atoms with E-state index in [9.17, 15) is 14.7 Å². The van der Waals surface area contributed by atoms with Gasteiger partial charge in [0.05, 0.1) is 11.1 Å². The third-order valence-electron chi connectivity index (χ3n) is 5.64. The predicted molar refractivity (Wildman–Crippen MR) is 144 cm³/mol. The van der Waals surface area contributed by atoms with Crippen LogP contribution in [0.5, 0.6) is 0 Å². The summed E-state index contributed by atoms with van der Waals surface area (Å²) in [5, 5.41) is 11.4. The molecule has 8 heteroatoms. The van der Waals surface area contributed by atoms with Gasteiger partial charge in [0, 0.05) is 33.1 Å². The van der Waals surface area contributed by atoms with Gasteiger partial charge in [-0.3, -0.25) is 9.69 Å². The van der Waals surface area contributed by atoms with Crippen molar-refractivity contribution < 1.29 is 19.1 Å². The van der Waals surface area contributed by atoms with Crippen molar-refractivity contribution >= 4 is 51.9 Å². The Hall–Kier alpha value is -3.61. The normalized spacial score (nSPS) is 11.5. The van der Waals surface area contributed by atoms with Crippen molar-refractivity contribution in [2.75, 3.05) is 11.4 Å². The van der Waals surface area contributed by atoms with Gasteiger partial charge < -0.3 is 9.52 Å². The maximum atomic E-state index is 13.4. The van der Waals surface area contributed by atoms with Crippen molar-refractivity contribution in [3.05, 3.63) is 83.1 Å². The van der Waals surface area contributed by atoms with Gasteiger partial charge in [0.15, 0.2) is 5.76 Å². The largest absolute Gasteiger partial charge is 0.465 e. The van der Waals surface area contributed by atoms with Gasteiger partial charge in [0.25, 0.3) is 0 Å². The molecule has 0 saturated carbocycles. The van der Waals surface area contributed by atoms with Crippen LogP contribution in [0.15, 0.2) is 71.7 Å². The number of fused-ring (bicyclic) bond motifs is 1. The van der Waals surface area contributed by atoms with E-state index in [-0.39, 0.29) is 29.5 Å². The van der Waals surface area contributed by atoms with Crippen LogP contribution in [0.3, 0.4) is 0 Å². The molecule has 1 amide bonds. The fourth-order valence-electron chi connectivity index (χ4n) is 3.88. The van der Waals surface area contributed by atoms with Crippen molar-refractivity contribution in [3.8, 4) is 22.4 Å². The lowest BCUT2D eigenvalue weighted by Crippen LogP contribution is -2.31. The molecule has 184 valence electrons. The Kier molecular flexibility index (Phi) is 6.94. The molecule has 2 aromatic heterocycles. The van der Waals surface area contributed by atoms with E-state index in [0.717, 1.165) is 10.5 Å². The second kappa shape index (κ2) is 9.80. The molecule has 4 rings (SSSR count). The summed E-state index contributed by atoms with van der Waals surface area (Å²) >= 11 is 12.7. The Bertz CT molecular complexity index is 1480. The zero-order chi connectivity index (χ0) is 26.2. The number of anilines is 1. The van der Waals surface area contributed by atoms with Gasteiger partial charge in [0.2, 0.25) is 11.5 Å². The van der Waals surface area contributed by atoms with E-state index in [1.54, 1.807) is 45.0 Å². The van der Waals surface area contributed by atoms with Crippen molar-refractivity contribution in [1.82, 2.24) is 4.98 Å². The maximum absolute atomic E-state index is 13.4. The third-order valence-corrected chi connectivity index (χ3v) is 6.22. The highest BCUT2D eigenvalue weighted by molar-refractivity contribution is 6.33. The van der Waals surface area contributed by atoms with Crippen LogP contribution < -0.4 is 4.90 Å². The Morgan fingerprint density at radius 3 is 2.33 bits per heavy atom. The molecular formula is C28H24Cl2N2O4. The number of halogens is 2. The number of carbonyl (C=O) groups excluding carboxylic acids is 1. The summed E-state index contributed by atoms with van der Waals surface area (Å²) in [5.74, 6) is -0.425. The van der Waals surface area contributed by atoms with Crippen LogP contribution in [0.25, 0.3) is 33.5 Å². The standard InChI is InChI=1S/C28H24Cl2N2O4/c1-5-14-32(27(34)35)23-20-15-19(16-10-12-17(29)13-11-16)22(18-8-6-7-9-21(18)30)31-26(20)36-24(23)25(33)28(2,3)4/h5-13,15H,1,14H2,2-4H3,(H,34,35). The molecule has 36 heavy (non-hydrogen) atoms. The summed E-state index contributed by atoms with van der Waals surface area (Å²) in [6.07, 6.45) is 0.202. The quantitative estimate of drug-likeness (QED) is 0.203. The number of rotatable bonds is 6. The van der Waals surface area contributed by atoms with Crippen molar-refractivity contribution in [3.63, 3.8) is 0 Å². The molecule has 0 bridgehead atoms. The number of nitrogens with zero attached hydrogens (tertiary/aromatic N) is 2. The Balaban J connectivity index is 2.13. The van der Waals surface area contributed by atoms with Gasteiger partial charge in [-0.25, -0.2) is 9.78 Å². The molecule has 1 N–H and O–H groups in total. The number of hydrogen-bond acceptors (Lipinski definition) is 4. The minimum absolute atomic E-state index is 0.0447. The first-order chi connectivity index (χ1) is 17.0. The highest BCUT2D eigenvalue weighted by Crippen LogP contribution is 2.43. The molecule has 0 spiro atoms. The SMILES string of the molecule is C=CCN(C(=O)O)c1c(C(=O)C(C)(C)C)oc2nc(-c3ccccc3Cl)c(-c3ccc(Cl)cc3)cc12. The van der Waals surface area contributed by atoms with E-state index in [1.165, 1.54) is 6.08 Å². The summed E-state index contributed by atoms with van der Waals surface area (Å²) < 4.78 is 6.01. The highest BCUT2D eigenvalue weighted by atomic mass is 35.5. The minimum Gasteiger partial charge on any atom is -0.465 e. The third kappa shape index (κ3) is 4.74. The van der Waals surface area contributed by atoms with E-state index >= 15 is 0 Å². The Labute approximate surface area is 218 Å². The number of Topliss-reactive ketones (excluding diaryl/α,β-unsaturated/α-hetero) is 1. The Morgan fingerprint density at radius 2 is 1.75 bits per heavy atom. The summed E-state index contributed by atoms with van der Waals surface area (Å²) in [5.41, 5.74) is 2.07. The fraction of sp³-hybridized carbons (Fsp3) is 0.179. The van der Waals surface area contributed by atoms with Gasteiger partial charge in [0.1, 0.15) is 5.69 Å². The van der Waals surface area contributed by atoms with E-state index in [2.05, 4.69) is 6.58 Å². The maximum Gasteiger partial charge on any atom is 0.412 e. The van der Waals surface area contributed by atoms with E-state index in [0.29, 0.717) is 32.3 Å². The molecule has 0 aliphatic rings. The first kappa shape index (κ1) is 25.5. The number of amides is 1. The first-order valence-corrected chi connectivity index (χ1v) is 11.9. The molecule has 0 saturated heterocycles. The van der Waals surface area contributed by atoms with Crippen LogP contribution in [0.2, 0.25) is 10.0 Å². The summed E-state index contributed by atoms with van der Waals surface area (Å²) in [6, 6.07) is 16.2. The number of carboxylic acid groups (broad SMARTS) is 1. The number of aromatic nitrogens is 1. The second-order valence-electron chi connectivity index (χ2n) is 9.26. The van der Waals surface area contributed by atoms with Crippen LogP contribution in [0.1, 0.15) is 31.3 Å². The molecule has 0 fully saturated rings. The number of hydrogen-bond donors (Lipinski definition) is 1. The summed E-state index contributed by atoms with van der Waals surface area (Å²) in [6.45, 7) is 8.85. The van der Waals surface area contributed by atoms with Gasteiger partial charge in [-0.05, 0) is 29.8 Å². The van der Waals surface area contributed by atoms with Gasteiger partial charge in [-0.15, -0.1) is 6.58 Å². The van der Waals surface area contributed by atoms with Crippen LogP contribution in [-0.2, 0) is 0 Å². The molecule has 2 aromatic carbocycles. The molecule has 2 heterocycles. The predicted octanol–water partition coefficient (Wildman–Crippen LogP) is 8.37. The smallest absolute Gasteiger partial charge is 0.412 e. The number of benzene rings is 2. The van der Waals surface area contributed by atoms with Crippen molar-refractivity contribution in [2.45, 2.75) is 20.8 Å². The van der Waals surface area contributed by atoms with Crippen molar-refractivity contribution in [2.24, 2.45) is 5.41 Å². The molecule has 0 unspecified atom stereocenters. The molecule has 6 nitrogen and oxygen atoms in total. The number of carbonyl (C=O) groups is 2. The van der Waals surface area contributed by atoms with Crippen LogP contribution in [0, 0.1) is 5.41 Å². The molecule has 0 radical (unpaired) electrons. The zero-order valence-electron chi connectivity index (χ0n) is 20.0. The van der Waals surface area contributed by atoms with E-state index in [4.69, 9.17) is 32.6 Å². The lowest BCUT2D eigenvalue weighted by atomic mass is 9.88. The molecule has 0 aliphatic heterocycles. The van der Waals surface area contributed by atoms with Crippen molar-refractivity contribution in [1.29, 1.82) is 0 Å². The first-order valence-electron chi connectivity index (χ1n) is 11.2. The fourth-order valence-corrected chi connectivity index (χ4v) is 4.23. The highest BCUT2D eigenvalue weighted by Gasteiger charge is 2.35. The molecular weight excluding hydrogens is 499 g/mol. The van der Waals surface area contributed by atoms with Gasteiger partial charge in [-0.1, -0.05) is 80.4 Å². The van der Waals surface area contributed by atoms with Crippen LogP contribution in [-0.4, -0.2) is 28.5 Å². The monoisotopic (exact) mass is 522 g/mol. The number of furan rings is 1. The van der Waals surface area contributed by atoms with Crippen LogP contribution in [0.4, 0.5) is 10.5 Å². The summed E-state index contributed by atoms with van der Waals surface area (Å²) in [4.78, 5) is 31.5. The number of pyridine rings is 1. The van der Waals surface area contributed by atoms with Gasteiger partial charge in [-0.2, -0.15) is 0 Å². The van der Waals surface area contributed by atoms with Crippen LogP contribution >= 0.6 is 23.2 Å². The second-order valence-corrected chi connectivity index (χ2v) is 10.1. The average molecular weight is 523 g/mol. The lowest BCUT2D eigenvalue weighted by Gasteiger charge is -2.20. The number of ketones is 1. The molecule has 4 aromatic rings. The summed E-state index contributed by atoms with van der Waals surface area (Å²) in [7, 11) is 0. The molecule has 0 aliphatic carbocycles. The van der Waals surface area contributed by atoms with E-state index < -0.39 is 11.5 Å². The Morgan fingerprint density at radius 1 is 1.08 bits per heavy atom. The zero-order valence-corrected chi connectivity index (χ0v) is 21.5. The minimum atomic E-state index is -1.25. The van der Waals surface area contributed by atoms with E-state index in [1.807, 2.05) is 30.3 Å². The molecule has 0 atom stereocenters. The van der Waals surface area contributed by atoms with Gasteiger partial charge >= 0.3 is 6.09 Å². The topological polar surface area (TPSA) is 83.6 Å². The lowest BCUT2D eigenvalue weighted by molar-refractivity contribution is 0.0831. The average Bonchev–Trinajstić information content (AvgIpc) is 3.19.